The van der Waals surface area contributed by atoms with Gasteiger partial charge in [0.25, 0.3) is 0 Å². The molecule has 0 bridgehead atoms. The third-order valence-electron chi connectivity index (χ3n) is 2.76. The zero-order chi connectivity index (χ0) is 13.8. The van der Waals surface area contributed by atoms with Crippen LogP contribution in [-0.2, 0) is 0 Å². The lowest BCUT2D eigenvalue weighted by atomic mass is 10.1. The fraction of sp³-hybridized carbons (Fsp3) is 0.133. The molecule has 2 rings (SSSR count). The Labute approximate surface area is 118 Å². The topological polar surface area (TPSA) is 44.5 Å². The summed E-state index contributed by atoms with van der Waals surface area (Å²) in [5.74, 6) is 2.09. The van der Waals surface area contributed by atoms with Gasteiger partial charge in [0.1, 0.15) is 10.7 Å². The van der Waals surface area contributed by atoms with Crippen molar-refractivity contribution in [1.82, 2.24) is 0 Å². The van der Waals surface area contributed by atoms with E-state index < -0.39 is 0 Å². The maximum Gasteiger partial charge on any atom is 0.169 e. The highest BCUT2D eigenvalue weighted by molar-refractivity contribution is 7.80. The standard InChI is InChI=1S/C15H15NO2S/c1-10-9-11(7-8-12(10)15(16)19)18-14-6-4-3-5-13(14)17-2/h3-9H,1-2H3,(H2,16,19). The van der Waals surface area contributed by atoms with E-state index in [0.717, 1.165) is 16.9 Å². The molecule has 98 valence electrons. The van der Waals surface area contributed by atoms with Crippen molar-refractivity contribution >= 4 is 17.2 Å². The average Bonchev–Trinajstić information content (AvgIpc) is 2.39. The second-order valence-electron chi connectivity index (χ2n) is 4.09. The second kappa shape index (κ2) is 5.71. The van der Waals surface area contributed by atoms with Gasteiger partial charge in [0.15, 0.2) is 11.5 Å². The quantitative estimate of drug-likeness (QED) is 0.867. The van der Waals surface area contributed by atoms with E-state index in [-0.39, 0.29) is 0 Å². The van der Waals surface area contributed by atoms with E-state index in [1.807, 2.05) is 49.4 Å². The summed E-state index contributed by atoms with van der Waals surface area (Å²) in [5.41, 5.74) is 7.48. The van der Waals surface area contributed by atoms with Crippen LogP contribution < -0.4 is 15.2 Å². The number of hydrogen-bond donors (Lipinski definition) is 1. The van der Waals surface area contributed by atoms with Gasteiger partial charge in [-0.2, -0.15) is 0 Å². The summed E-state index contributed by atoms with van der Waals surface area (Å²) >= 11 is 4.98. The molecule has 19 heavy (non-hydrogen) atoms. The van der Waals surface area contributed by atoms with Crippen LogP contribution in [0.5, 0.6) is 17.2 Å². The summed E-state index contributed by atoms with van der Waals surface area (Å²) in [6, 6.07) is 13.1. The molecule has 3 nitrogen and oxygen atoms in total. The first kappa shape index (κ1) is 13.4. The molecule has 0 aliphatic heterocycles. The highest BCUT2D eigenvalue weighted by Crippen LogP contribution is 2.31. The van der Waals surface area contributed by atoms with Crippen molar-refractivity contribution in [2.75, 3.05) is 7.11 Å². The summed E-state index contributed by atoms with van der Waals surface area (Å²) in [5, 5.41) is 0. The fourth-order valence-electron chi connectivity index (χ4n) is 1.81. The molecule has 0 aromatic heterocycles. The normalized spacial score (nSPS) is 10.0. The zero-order valence-corrected chi connectivity index (χ0v) is 11.7. The van der Waals surface area contributed by atoms with Crippen molar-refractivity contribution in [3.63, 3.8) is 0 Å². The minimum Gasteiger partial charge on any atom is -0.493 e. The Balaban J connectivity index is 2.29. The number of rotatable bonds is 4. The average molecular weight is 273 g/mol. The molecule has 0 aliphatic rings. The van der Waals surface area contributed by atoms with E-state index >= 15 is 0 Å². The van der Waals surface area contributed by atoms with Crippen LogP contribution in [0.3, 0.4) is 0 Å². The van der Waals surface area contributed by atoms with Crippen molar-refractivity contribution < 1.29 is 9.47 Å². The van der Waals surface area contributed by atoms with Crippen LogP contribution >= 0.6 is 12.2 Å². The van der Waals surface area contributed by atoms with E-state index in [9.17, 15) is 0 Å². The highest BCUT2D eigenvalue weighted by Gasteiger charge is 2.07. The Morgan fingerprint density at radius 1 is 1.11 bits per heavy atom. The number of para-hydroxylation sites is 2. The van der Waals surface area contributed by atoms with Gasteiger partial charge in [-0.05, 0) is 42.8 Å². The minimum atomic E-state index is 0.390. The van der Waals surface area contributed by atoms with Gasteiger partial charge in [0.05, 0.1) is 7.11 Å². The predicted octanol–water partition coefficient (Wildman–Crippen LogP) is 3.43. The van der Waals surface area contributed by atoms with Crippen molar-refractivity contribution in [2.45, 2.75) is 6.92 Å². The number of methoxy groups -OCH3 is 1. The maximum atomic E-state index is 5.81. The van der Waals surface area contributed by atoms with E-state index in [1.165, 1.54) is 0 Å². The number of ether oxygens (including phenoxy) is 2. The lowest BCUT2D eigenvalue weighted by Crippen LogP contribution is -2.10. The molecule has 0 saturated heterocycles. The molecule has 0 aliphatic carbocycles. The van der Waals surface area contributed by atoms with Gasteiger partial charge in [-0.15, -0.1) is 0 Å². The van der Waals surface area contributed by atoms with Gasteiger partial charge in [-0.25, -0.2) is 0 Å². The summed E-state index contributed by atoms with van der Waals surface area (Å²) in [7, 11) is 1.61. The Bertz CT molecular complexity index is 611. The van der Waals surface area contributed by atoms with Gasteiger partial charge in [-0.1, -0.05) is 24.4 Å². The SMILES string of the molecule is COc1ccccc1Oc1ccc(C(N)=S)c(C)c1. The fourth-order valence-corrected chi connectivity index (χ4v) is 2.04. The van der Waals surface area contributed by atoms with Gasteiger partial charge in [-0.3, -0.25) is 0 Å². The molecule has 2 aromatic carbocycles. The first-order chi connectivity index (χ1) is 9.11. The van der Waals surface area contributed by atoms with E-state index in [4.69, 9.17) is 27.4 Å². The molecular formula is C15H15NO2S. The molecule has 0 spiro atoms. The molecular weight excluding hydrogens is 258 g/mol. The Morgan fingerprint density at radius 2 is 1.79 bits per heavy atom. The third kappa shape index (κ3) is 3.03. The second-order valence-corrected chi connectivity index (χ2v) is 4.53. The summed E-state index contributed by atoms with van der Waals surface area (Å²) < 4.78 is 11.1. The largest absolute Gasteiger partial charge is 0.493 e. The van der Waals surface area contributed by atoms with Crippen LogP contribution in [0.1, 0.15) is 11.1 Å². The van der Waals surface area contributed by atoms with Crippen molar-refractivity contribution in [3.8, 4) is 17.2 Å². The third-order valence-corrected chi connectivity index (χ3v) is 2.98. The highest BCUT2D eigenvalue weighted by atomic mass is 32.1. The molecule has 0 radical (unpaired) electrons. The van der Waals surface area contributed by atoms with E-state index in [2.05, 4.69) is 0 Å². The number of thiocarbonyl (C=S) groups is 1. The summed E-state index contributed by atoms with van der Waals surface area (Å²) in [6.07, 6.45) is 0. The molecule has 4 heteroatoms. The molecule has 2 N–H and O–H groups in total. The first-order valence-electron chi connectivity index (χ1n) is 5.83. The Morgan fingerprint density at radius 3 is 2.37 bits per heavy atom. The molecule has 2 aromatic rings. The molecule has 0 fully saturated rings. The predicted molar refractivity (Wildman–Crippen MR) is 80.1 cm³/mol. The number of aryl methyl sites for hydroxylation is 1. The Kier molecular flexibility index (Phi) is 4.02. The molecule has 0 atom stereocenters. The molecule has 0 heterocycles. The van der Waals surface area contributed by atoms with Gasteiger partial charge in [0, 0.05) is 5.56 Å². The van der Waals surface area contributed by atoms with Crippen LogP contribution in [0, 0.1) is 6.92 Å². The lowest BCUT2D eigenvalue weighted by Gasteiger charge is -2.11. The minimum absolute atomic E-state index is 0.390. The van der Waals surface area contributed by atoms with Crippen LogP contribution in [0.4, 0.5) is 0 Å². The van der Waals surface area contributed by atoms with Crippen LogP contribution in [-0.4, -0.2) is 12.1 Å². The van der Waals surface area contributed by atoms with Gasteiger partial charge < -0.3 is 15.2 Å². The van der Waals surface area contributed by atoms with Gasteiger partial charge in [0.2, 0.25) is 0 Å². The van der Waals surface area contributed by atoms with Crippen LogP contribution in [0.25, 0.3) is 0 Å². The number of nitrogens with two attached hydrogens (primary N) is 1. The number of hydrogen-bond acceptors (Lipinski definition) is 3. The van der Waals surface area contributed by atoms with Gasteiger partial charge >= 0.3 is 0 Å². The molecule has 0 saturated carbocycles. The zero-order valence-electron chi connectivity index (χ0n) is 10.8. The maximum absolute atomic E-state index is 5.81. The summed E-state index contributed by atoms with van der Waals surface area (Å²) in [4.78, 5) is 0.390. The monoisotopic (exact) mass is 273 g/mol. The lowest BCUT2D eigenvalue weighted by molar-refractivity contribution is 0.379. The number of benzene rings is 2. The Hall–Kier alpha value is -2.07. The van der Waals surface area contributed by atoms with E-state index in [0.29, 0.717) is 16.5 Å². The van der Waals surface area contributed by atoms with E-state index in [1.54, 1.807) is 7.11 Å². The van der Waals surface area contributed by atoms with Crippen molar-refractivity contribution in [3.05, 3.63) is 53.6 Å². The first-order valence-corrected chi connectivity index (χ1v) is 6.24. The van der Waals surface area contributed by atoms with Crippen LogP contribution in [0.15, 0.2) is 42.5 Å². The molecule has 0 unspecified atom stereocenters. The smallest absolute Gasteiger partial charge is 0.169 e. The molecule has 0 amide bonds. The summed E-state index contributed by atoms with van der Waals surface area (Å²) in [6.45, 7) is 1.95. The van der Waals surface area contributed by atoms with Crippen molar-refractivity contribution in [2.24, 2.45) is 5.73 Å². The van der Waals surface area contributed by atoms with Crippen molar-refractivity contribution in [1.29, 1.82) is 0 Å². The van der Waals surface area contributed by atoms with Crippen LogP contribution in [0.2, 0.25) is 0 Å².